The Balaban J connectivity index is 0.00000133. The summed E-state index contributed by atoms with van der Waals surface area (Å²) in [5, 5.41) is 19.1. The predicted octanol–water partition coefficient (Wildman–Crippen LogP) is 2.54. The number of imidazole rings is 1. The summed E-state index contributed by atoms with van der Waals surface area (Å²) >= 11 is 0. The van der Waals surface area contributed by atoms with Gasteiger partial charge >= 0.3 is 0 Å². The van der Waals surface area contributed by atoms with Crippen molar-refractivity contribution in [3.8, 4) is 22.9 Å². The number of halogens is 1. The number of benzene rings is 1. The minimum atomic E-state index is 0. The van der Waals surface area contributed by atoms with Gasteiger partial charge in [0.15, 0.2) is 5.65 Å². The summed E-state index contributed by atoms with van der Waals surface area (Å²) in [4.78, 5) is 8.46. The summed E-state index contributed by atoms with van der Waals surface area (Å²) in [5.74, 6) is 0.327. The van der Waals surface area contributed by atoms with Gasteiger partial charge in [-0.3, -0.25) is 9.38 Å². The van der Waals surface area contributed by atoms with Gasteiger partial charge in [0.1, 0.15) is 11.4 Å². The quantitative estimate of drug-likeness (QED) is 0.717. The molecular weight excluding hydrogens is 266 g/mol. The molecule has 0 amide bonds. The number of aromatic hydroxyl groups is 2. The number of nitrogens with zero attached hydrogens (tertiary/aromatic N) is 3. The molecule has 0 bridgehead atoms. The zero-order chi connectivity index (χ0) is 12.7. The molecule has 6 heteroatoms. The van der Waals surface area contributed by atoms with Crippen LogP contribution in [0.2, 0.25) is 0 Å². The normalized spacial score (nSPS) is 10.4. The Bertz CT molecular complexity index is 723. The maximum absolute atomic E-state index is 9.85. The molecule has 2 N–H and O–H groups in total. The summed E-state index contributed by atoms with van der Waals surface area (Å²) in [7, 11) is 0. The van der Waals surface area contributed by atoms with E-state index in [1.807, 2.05) is 0 Å². The van der Waals surface area contributed by atoms with Crippen molar-refractivity contribution >= 4 is 18.1 Å². The number of phenolic OH excluding ortho intramolecular Hbond substituents is 1. The molecule has 0 radical (unpaired) electrons. The van der Waals surface area contributed by atoms with Crippen molar-refractivity contribution in [1.29, 1.82) is 0 Å². The van der Waals surface area contributed by atoms with E-state index < -0.39 is 0 Å². The number of hydrogen-bond donors (Lipinski definition) is 2. The average Bonchev–Trinajstić information content (AvgIpc) is 2.66. The van der Waals surface area contributed by atoms with Crippen molar-refractivity contribution in [2.45, 2.75) is 6.92 Å². The molecule has 3 rings (SSSR count). The summed E-state index contributed by atoms with van der Waals surface area (Å²) in [5.41, 5.74) is 2.74. The van der Waals surface area contributed by atoms with Crippen molar-refractivity contribution in [1.82, 2.24) is 14.4 Å². The van der Waals surface area contributed by atoms with Crippen LogP contribution < -0.4 is 0 Å². The number of phenols is 1. The highest BCUT2D eigenvalue weighted by molar-refractivity contribution is 5.85. The lowest BCUT2D eigenvalue weighted by molar-refractivity contribution is 0.444. The first-order valence-corrected chi connectivity index (χ1v) is 5.48. The van der Waals surface area contributed by atoms with Crippen LogP contribution in [0, 0.1) is 6.92 Å². The van der Waals surface area contributed by atoms with Gasteiger partial charge in [0, 0.05) is 11.8 Å². The van der Waals surface area contributed by atoms with E-state index in [2.05, 4.69) is 9.97 Å². The minimum Gasteiger partial charge on any atom is -0.508 e. The standard InChI is InChI=1S/C13H11N3O2.ClH/c1-8-13(18)16-7-11(14-6-12(16)15-8)9-2-4-10(17)5-3-9;/h2-7,17-18H,1H3;1H. The molecule has 2 aromatic heterocycles. The molecule has 98 valence electrons. The number of aromatic nitrogens is 3. The lowest BCUT2D eigenvalue weighted by atomic mass is 10.1. The smallest absolute Gasteiger partial charge is 0.219 e. The van der Waals surface area contributed by atoms with Gasteiger partial charge in [0.05, 0.1) is 11.9 Å². The number of rotatable bonds is 1. The number of hydrogen-bond acceptors (Lipinski definition) is 4. The summed E-state index contributed by atoms with van der Waals surface area (Å²) in [6, 6.07) is 6.73. The molecule has 0 aliphatic rings. The molecule has 0 aliphatic carbocycles. The molecule has 3 aromatic rings. The lowest BCUT2D eigenvalue weighted by Gasteiger charge is -2.02. The summed E-state index contributed by atoms with van der Waals surface area (Å²) < 4.78 is 1.59. The van der Waals surface area contributed by atoms with Crippen molar-refractivity contribution in [2.75, 3.05) is 0 Å². The van der Waals surface area contributed by atoms with E-state index in [4.69, 9.17) is 0 Å². The fraction of sp³-hybridized carbons (Fsp3) is 0.0769. The van der Waals surface area contributed by atoms with Crippen molar-refractivity contribution in [3.05, 3.63) is 42.4 Å². The Morgan fingerprint density at radius 3 is 2.47 bits per heavy atom. The first kappa shape index (κ1) is 13.2. The second kappa shape index (κ2) is 4.78. The molecule has 0 saturated carbocycles. The van der Waals surface area contributed by atoms with Gasteiger partial charge in [-0.05, 0) is 31.2 Å². The fourth-order valence-electron chi connectivity index (χ4n) is 1.84. The maximum Gasteiger partial charge on any atom is 0.219 e. The molecule has 2 heterocycles. The third-order valence-electron chi connectivity index (χ3n) is 2.81. The molecule has 0 atom stereocenters. The average molecular weight is 278 g/mol. The van der Waals surface area contributed by atoms with Crippen LogP contribution in [0.3, 0.4) is 0 Å². The summed E-state index contributed by atoms with van der Waals surface area (Å²) in [6.07, 6.45) is 3.33. The third kappa shape index (κ3) is 2.20. The molecule has 0 unspecified atom stereocenters. The molecule has 19 heavy (non-hydrogen) atoms. The van der Waals surface area contributed by atoms with E-state index in [1.54, 1.807) is 48.0 Å². The molecule has 0 saturated heterocycles. The highest BCUT2D eigenvalue weighted by Gasteiger charge is 2.08. The van der Waals surface area contributed by atoms with Crippen LogP contribution in [0.15, 0.2) is 36.7 Å². The van der Waals surface area contributed by atoms with Crippen molar-refractivity contribution in [3.63, 3.8) is 0 Å². The molecule has 0 spiro atoms. The van der Waals surface area contributed by atoms with Crippen molar-refractivity contribution < 1.29 is 10.2 Å². The zero-order valence-corrected chi connectivity index (χ0v) is 10.9. The first-order chi connectivity index (χ1) is 8.65. The minimum absolute atomic E-state index is 0. The topological polar surface area (TPSA) is 70.7 Å². The molecule has 0 fully saturated rings. The highest BCUT2D eigenvalue weighted by atomic mass is 35.5. The third-order valence-corrected chi connectivity index (χ3v) is 2.81. The van der Waals surface area contributed by atoms with Crippen LogP contribution >= 0.6 is 12.4 Å². The van der Waals surface area contributed by atoms with E-state index >= 15 is 0 Å². The van der Waals surface area contributed by atoms with Crippen LogP contribution in [-0.4, -0.2) is 24.6 Å². The van der Waals surface area contributed by atoms with Gasteiger partial charge in [0.2, 0.25) is 5.88 Å². The summed E-state index contributed by atoms with van der Waals surface area (Å²) in [6.45, 7) is 1.74. The maximum atomic E-state index is 9.85. The Kier molecular flexibility index (Phi) is 3.31. The van der Waals surface area contributed by atoms with Crippen LogP contribution in [0.5, 0.6) is 11.6 Å². The Morgan fingerprint density at radius 1 is 1.11 bits per heavy atom. The molecule has 5 nitrogen and oxygen atoms in total. The Hall–Kier alpha value is -2.27. The van der Waals surface area contributed by atoms with E-state index in [1.165, 1.54) is 0 Å². The van der Waals surface area contributed by atoms with Gasteiger partial charge in [-0.1, -0.05) is 0 Å². The van der Waals surface area contributed by atoms with E-state index in [0.29, 0.717) is 17.0 Å². The van der Waals surface area contributed by atoms with E-state index in [0.717, 1.165) is 5.56 Å². The van der Waals surface area contributed by atoms with Crippen LogP contribution in [0.4, 0.5) is 0 Å². The van der Waals surface area contributed by atoms with E-state index in [-0.39, 0.29) is 24.0 Å². The zero-order valence-electron chi connectivity index (χ0n) is 10.1. The Labute approximate surface area is 115 Å². The van der Waals surface area contributed by atoms with E-state index in [9.17, 15) is 10.2 Å². The van der Waals surface area contributed by atoms with Gasteiger partial charge in [0.25, 0.3) is 0 Å². The predicted molar refractivity (Wildman–Crippen MR) is 73.7 cm³/mol. The van der Waals surface area contributed by atoms with Crippen LogP contribution in [0.1, 0.15) is 5.69 Å². The lowest BCUT2D eigenvalue weighted by Crippen LogP contribution is -1.90. The largest absolute Gasteiger partial charge is 0.508 e. The van der Waals surface area contributed by atoms with Crippen LogP contribution in [0.25, 0.3) is 16.9 Å². The van der Waals surface area contributed by atoms with Gasteiger partial charge < -0.3 is 10.2 Å². The molecule has 0 aliphatic heterocycles. The van der Waals surface area contributed by atoms with Crippen LogP contribution in [-0.2, 0) is 0 Å². The van der Waals surface area contributed by atoms with Gasteiger partial charge in [-0.15, -0.1) is 12.4 Å². The van der Waals surface area contributed by atoms with Crippen molar-refractivity contribution in [2.24, 2.45) is 0 Å². The SMILES string of the molecule is Cc1nc2cnc(-c3ccc(O)cc3)cn2c1O.Cl. The number of fused-ring (bicyclic) bond motifs is 1. The van der Waals surface area contributed by atoms with Gasteiger partial charge in [-0.25, -0.2) is 4.98 Å². The van der Waals surface area contributed by atoms with Gasteiger partial charge in [-0.2, -0.15) is 0 Å². The number of aryl methyl sites for hydroxylation is 1. The first-order valence-electron chi connectivity index (χ1n) is 5.48. The highest BCUT2D eigenvalue weighted by Crippen LogP contribution is 2.23. The Morgan fingerprint density at radius 2 is 1.79 bits per heavy atom. The second-order valence-corrected chi connectivity index (χ2v) is 4.07. The fourth-order valence-corrected chi connectivity index (χ4v) is 1.84. The molecular formula is C13H12ClN3O2. The molecule has 1 aromatic carbocycles. The monoisotopic (exact) mass is 277 g/mol. The second-order valence-electron chi connectivity index (χ2n) is 4.07.